The quantitative estimate of drug-likeness (QED) is 0.793. The predicted molar refractivity (Wildman–Crippen MR) is 87.5 cm³/mol. The lowest BCUT2D eigenvalue weighted by molar-refractivity contribution is -0.122. The molecule has 1 aliphatic heterocycles. The minimum Gasteiger partial charge on any atom is -0.355 e. The summed E-state index contributed by atoms with van der Waals surface area (Å²) in [6.45, 7) is 2.36. The second-order valence-corrected chi connectivity index (χ2v) is 8.04. The first kappa shape index (κ1) is 16.2. The lowest BCUT2D eigenvalue weighted by atomic mass is 10.3. The number of sulfonamides is 1. The van der Waals surface area contributed by atoms with Gasteiger partial charge in [-0.3, -0.25) is 4.79 Å². The normalized spacial score (nSPS) is 19.6. The topological polar surface area (TPSA) is 82.6 Å². The first-order valence-electron chi connectivity index (χ1n) is 7.98. The predicted octanol–water partition coefficient (Wildman–Crippen LogP) is 0.0596. The molecule has 1 N–H and O–H groups in total. The van der Waals surface area contributed by atoms with Crippen LogP contribution in [-0.2, 0) is 14.8 Å². The van der Waals surface area contributed by atoms with Gasteiger partial charge in [-0.2, -0.15) is 4.31 Å². The average Bonchev–Trinajstić information content (AvgIpc) is 3.40. The van der Waals surface area contributed by atoms with Crippen molar-refractivity contribution < 1.29 is 13.2 Å². The molecule has 23 heavy (non-hydrogen) atoms. The van der Waals surface area contributed by atoms with Crippen molar-refractivity contribution in [3.05, 3.63) is 24.4 Å². The second kappa shape index (κ2) is 6.84. The molecule has 1 aromatic rings. The molecule has 1 aromatic heterocycles. The molecule has 2 fully saturated rings. The highest BCUT2D eigenvalue weighted by molar-refractivity contribution is 7.89. The molecule has 1 saturated heterocycles. The molecule has 2 aliphatic rings. The minimum atomic E-state index is -3.32. The fourth-order valence-corrected chi connectivity index (χ4v) is 4.00. The van der Waals surface area contributed by atoms with E-state index in [0.717, 1.165) is 18.7 Å². The van der Waals surface area contributed by atoms with E-state index >= 15 is 0 Å². The standard InChI is InChI=1S/C15H22N4O3S/c20-15(13-4-5-13)17-7-12-23(21,22)19-10-8-18(9-11-19)14-3-1-2-6-16-14/h1-3,6,13H,4-5,7-12H2,(H,17,20). The van der Waals surface area contributed by atoms with Gasteiger partial charge in [-0.25, -0.2) is 13.4 Å². The van der Waals surface area contributed by atoms with E-state index < -0.39 is 10.0 Å². The molecule has 126 valence electrons. The highest BCUT2D eigenvalue weighted by atomic mass is 32.2. The largest absolute Gasteiger partial charge is 0.355 e. The Labute approximate surface area is 136 Å². The van der Waals surface area contributed by atoms with Crippen LogP contribution in [0.1, 0.15) is 12.8 Å². The Bertz CT molecular complexity index is 638. The Morgan fingerprint density at radius 2 is 1.96 bits per heavy atom. The molecular formula is C15H22N4O3S. The van der Waals surface area contributed by atoms with Crippen LogP contribution in [0.25, 0.3) is 0 Å². The third-order valence-corrected chi connectivity index (χ3v) is 6.08. The van der Waals surface area contributed by atoms with Gasteiger partial charge in [0.2, 0.25) is 15.9 Å². The van der Waals surface area contributed by atoms with Gasteiger partial charge in [-0.05, 0) is 25.0 Å². The van der Waals surface area contributed by atoms with Crippen molar-refractivity contribution in [2.24, 2.45) is 5.92 Å². The van der Waals surface area contributed by atoms with Crippen LogP contribution in [0.3, 0.4) is 0 Å². The number of carbonyl (C=O) groups is 1. The van der Waals surface area contributed by atoms with Crippen molar-refractivity contribution >= 4 is 21.7 Å². The first-order chi connectivity index (χ1) is 11.1. The van der Waals surface area contributed by atoms with Crippen LogP contribution in [0.4, 0.5) is 5.82 Å². The lowest BCUT2D eigenvalue weighted by Crippen LogP contribution is -2.50. The number of amides is 1. The molecule has 0 atom stereocenters. The number of aromatic nitrogens is 1. The van der Waals surface area contributed by atoms with Crippen molar-refractivity contribution in [3.8, 4) is 0 Å². The van der Waals surface area contributed by atoms with Gasteiger partial charge in [0.25, 0.3) is 0 Å². The molecular weight excluding hydrogens is 316 g/mol. The van der Waals surface area contributed by atoms with Crippen molar-refractivity contribution in [2.75, 3.05) is 43.4 Å². The third-order valence-electron chi connectivity index (χ3n) is 4.21. The molecule has 7 nitrogen and oxygen atoms in total. The number of nitrogens with zero attached hydrogens (tertiary/aromatic N) is 3. The van der Waals surface area contributed by atoms with Crippen LogP contribution in [0.5, 0.6) is 0 Å². The monoisotopic (exact) mass is 338 g/mol. The summed E-state index contributed by atoms with van der Waals surface area (Å²) in [7, 11) is -3.32. The summed E-state index contributed by atoms with van der Waals surface area (Å²) < 4.78 is 26.2. The molecule has 0 bridgehead atoms. The average molecular weight is 338 g/mol. The van der Waals surface area contributed by atoms with Gasteiger partial charge in [-0.15, -0.1) is 0 Å². The van der Waals surface area contributed by atoms with E-state index in [-0.39, 0.29) is 24.1 Å². The van der Waals surface area contributed by atoms with Crippen molar-refractivity contribution in [3.63, 3.8) is 0 Å². The van der Waals surface area contributed by atoms with Crippen LogP contribution < -0.4 is 10.2 Å². The fraction of sp³-hybridized carbons (Fsp3) is 0.600. The van der Waals surface area contributed by atoms with Crippen LogP contribution >= 0.6 is 0 Å². The summed E-state index contributed by atoms with van der Waals surface area (Å²) in [6, 6.07) is 5.71. The number of rotatable bonds is 6. The van der Waals surface area contributed by atoms with Gasteiger partial charge in [0, 0.05) is 44.8 Å². The zero-order chi connectivity index (χ0) is 16.3. The van der Waals surface area contributed by atoms with Gasteiger partial charge >= 0.3 is 0 Å². The Morgan fingerprint density at radius 3 is 2.57 bits per heavy atom. The summed E-state index contributed by atoms with van der Waals surface area (Å²) in [5.41, 5.74) is 0. The first-order valence-corrected chi connectivity index (χ1v) is 9.59. The molecule has 0 unspecified atom stereocenters. The van der Waals surface area contributed by atoms with Crippen LogP contribution in [0.15, 0.2) is 24.4 Å². The zero-order valence-corrected chi connectivity index (χ0v) is 13.8. The Kier molecular flexibility index (Phi) is 4.82. The number of nitrogens with one attached hydrogen (secondary N) is 1. The van der Waals surface area contributed by atoms with E-state index in [1.807, 2.05) is 18.2 Å². The Morgan fingerprint density at radius 1 is 1.22 bits per heavy atom. The number of hydrogen-bond acceptors (Lipinski definition) is 5. The van der Waals surface area contributed by atoms with Crippen LogP contribution in [0, 0.1) is 5.92 Å². The Hall–Kier alpha value is -1.67. The smallest absolute Gasteiger partial charge is 0.223 e. The number of hydrogen-bond donors (Lipinski definition) is 1. The fourth-order valence-electron chi connectivity index (χ4n) is 2.66. The Balaban J connectivity index is 1.46. The molecule has 0 spiro atoms. The number of pyridine rings is 1. The summed E-state index contributed by atoms with van der Waals surface area (Å²) in [5.74, 6) is 0.940. The molecule has 0 radical (unpaired) electrons. The van der Waals surface area contributed by atoms with E-state index in [4.69, 9.17) is 0 Å². The van der Waals surface area contributed by atoms with Gasteiger partial charge in [0.1, 0.15) is 5.82 Å². The maximum Gasteiger partial charge on any atom is 0.223 e. The van der Waals surface area contributed by atoms with Crippen LogP contribution in [-0.4, -0.2) is 62.1 Å². The van der Waals surface area contributed by atoms with Gasteiger partial charge in [0.05, 0.1) is 5.75 Å². The third kappa shape index (κ3) is 4.20. The molecule has 3 rings (SSSR count). The SMILES string of the molecule is O=C(NCCS(=O)(=O)N1CCN(c2ccccn2)CC1)C1CC1. The van der Waals surface area contributed by atoms with Crippen molar-refractivity contribution in [2.45, 2.75) is 12.8 Å². The molecule has 1 aliphatic carbocycles. The number of carbonyl (C=O) groups excluding carboxylic acids is 1. The van der Waals surface area contributed by atoms with Gasteiger partial charge in [-0.1, -0.05) is 6.07 Å². The molecule has 0 aromatic carbocycles. The van der Waals surface area contributed by atoms with Crippen molar-refractivity contribution in [1.29, 1.82) is 0 Å². The number of anilines is 1. The second-order valence-electron chi connectivity index (χ2n) is 5.96. The highest BCUT2D eigenvalue weighted by Gasteiger charge is 2.30. The van der Waals surface area contributed by atoms with Crippen LogP contribution in [0.2, 0.25) is 0 Å². The molecule has 1 amide bonds. The van der Waals surface area contributed by atoms with Gasteiger partial charge < -0.3 is 10.2 Å². The zero-order valence-electron chi connectivity index (χ0n) is 13.0. The van der Waals surface area contributed by atoms with Gasteiger partial charge in [0.15, 0.2) is 0 Å². The maximum absolute atomic E-state index is 12.3. The maximum atomic E-state index is 12.3. The lowest BCUT2D eigenvalue weighted by Gasteiger charge is -2.34. The molecule has 2 heterocycles. The summed E-state index contributed by atoms with van der Waals surface area (Å²) in [6.07, 6.45) is 3.59. The van der Waals surface area contributed by atoms with E-state index in [1.165, 1.54) is 4.31 Å². The van der Waals surface area contributed by atoms with E-state index in [1.54, 1.807) is 6.20 Å². The minimum absolute atomic E-state index is 0.0137. The highest BCUT2D eigenvalue weighted by Crippen LogP contribution is 2.28. The summed E-state index contributed by atoms with van der Waals surface area (Å²) in [5, 5.41) is 2.71. The number of piperazine rings is 1. The molecule has 1 saturated carbocycles. The summed E-state index contributed by atoms with van der Waals surface area (Å²) in [4.78, 5) is 17.9. The van der Waals surface area contributed by atoms with E-state index in [9.17, 15) is 13.2 Å². The van der Waals surface area contributed by atoms with E-state index in [2.05, 4.69) is 15.2 Å². The van der Waals surface area contributed by atoms with Crippen molar-refractivity contribution in [1.82, 2.24) is 14.6 Å². The van der Waals surface area contributed by atoms with E-state index in [0.29, 0.717) is 26.2 Å². The molecule has 8 heteroatoms. The summed E-state index contributed by atoms with van der Waals surface area (Å²) >= 11 is 0.